The fourth-order valence-electron chi connectivity index (χ4n) is 4.50. The highest BCUT2D eigenvalue weighted by Crippen LogP contribution is 2.41. The first-order valence-corrected chi connectivity index (χ1v) is 9.86. The maximum absolute atomic E-state index is 15.6. The maximum atomic E-state index is 15.6. The van der Waals surface area contributed by atoms with E-state index in [0.717, 1.165) is 24.0 Å². The van der Waals surface area contributed by atoms with Gasteiger partial charge in [0.1, 0.15) is 0 Å². The van der Waals surface area contributed by atoms with Gasteiger partial charge in [-0.1, -0.05) is 36.4 Å². The normalized spacial score (nSPS) is 35.2. The van der Waals surface area contributed by atoms with Crippen molar-refractivity contribution in [2.75, 3.05) is 19.8 Å². The first-order chi connectivity index (χ1) is 13.5. The van der Waals surface area contributed by atoms with Crippen LogP contribution in [0.15, 0.2) is 48.1 Å². The fourth-order valence-corrected chi connectivity index (χ4v) is 4.50. The lowest BCUT2D eigenvalue weighted by atomic mass is 9.79. The topological polar surface area (TPSA) is 75.8 Å². The van der Waals surface area contributed by atoms with E-state index in [2.05, 4.69) is 6.07 Å². The molecule has 2 aliphatic heterocycles. The lowest BCUT2D eigenvalue weighted by Crippen LogP contribution is -2.55. The summed E-state index contributed by atoms with van der Waals surface area (Å²) in [6, 6.07) is 7.94. The summed E-state index contributed by atoms with van der Waals surface area (Å²) in [7, 11) is 0. The number of carbonyl (C=O) groups is 1. The molecule has 0 radical (unpaired) electrons. The summed E-state index contributed by atoms with van der Waals surface area (Å²) in [5.41, 5.74) is 6.92. The summed E-state index contributed by atoms with van der Waals surface area (Å²) in [6.07, 6.45) is 7.60. The summed E-state index contributed by atoms with van der Waals surface area (Å²) in [5, 5.41) is 9.36. The van der Waals surface area contributed by atoms with Crippen molar-refractivity contribution >= 4 is 6.41 Å². The lowest BCUT2D eigenvalue weighted by Gasteiger charge is -2.42. The average molecular weight is 386 g/mol. The van der Waals surface area contributed by atoms with Gasteiger partial charge in [-0.2, -0.15) is 0 Å². The van der Waals surface area contributed by atoms with Crippen molar-refractivity contribution in [1.29, 1.82) is 0 Å². The number of nitrogens with zero attached hydrogens (tertiary/aromatic N) is 1. The van der Waals surface area contributed by atoms with E-state index in [1.165, 1.54) is 5.56 Å². The highest BCUT2D eigenvalue weighted by Gasteiger charge is 2.44. The molecule has 6 heteroatoms. The minimum atomic E-state index is -1.60. The van der Waals surface area contributed by atoms with Gasteiger partial charge < -0.3 is 20.5 Å². The van der Waals surface area contributed by atoms with Crippen molar-refractivity contribution in [3.8, 4) is 0 Å². The molecule has 3 aliphatic rings. The van der Waals surface area contributed by atoms with Crippen LogP contribution in [0.5, 0.6) is 0 Å². The highest BCUT2D eigenvalue weighted by atomic mass is 19.1. The quantitative estimate of drug-likeness (QED) is 0.778. The minimum Gasteiger partial charge on any atom is -0.394 e. The molecular formula is C22H27FN2O3. The Morgan fingerprint density at radius 3 is 2.86 bits per heavy atom. The molecule has 1 fully saturated rings. The third-order valence-corrected chi connectivity index (χ3v) is 6.30. The van der Waals surface area contributed by atoms with Gasteiger partial charge in [0.15, 0.2) is 5.67 Å². The van der Waals surface area contributed by atoms with Crippen LogP contribution in [0.3, 0.4) is 0 Å². The van der Waals surface area contributed by atoms with E-state index in [1.807, 2.05) is 24.3 Å². The molecule has 150 valence electrons. The van der Waals surface area contributed by atoms with Gasteiger partial charge in [0, 0.05) is 13.0 Å². The second-order valence-electron chi connectivity index (χ2n) is 8.22. The number of fused-ring (bicyclic) bond motifs is 1. The standard InChI is InChI=1S/C22H27FN2O3/c23-22(19-7-9-21(24,13-26)14-28-19)10-5-17(6-11-22)20-18-4-2-1-3-16(18)8-12-25(20)15-27/h1-6,10,15,19-20,26H,7-9,11-14,24H2/t19-,20-,21+,22?/m0/s1. The number of nitrogens with two attached hydrogens (primary N) is 1. The molecule has 1 unspecified atom stereocenters. The molecule has 4 atom stereocenters. The van der Waals surface area contributed by atoms with E-state index < -0.39 is 17.3 Å². The largest absolute Gasteiger partial charge is 0.394 e. The predicted octanol–water partition coefficient (Wildman–Crippen LogP) is 2.21. The average Bonchev–Trinajstić information content (AvgIpc) is 2.74. The molecule has 3 N–H and O–H groups in total. The van der Waals surface area contributed by atoms with Gasteiger partial charge in [-0.25, -0.2) is 4.39 Å². The molecule has 4 rings (SSSR count). The van der Waals surface area contributed by atoms with Gasteiger partial charge in [-0.05, 0) is 42.0 Å². The third kappa shape index (κ3) is 3.41. The molecule has 1 aliphatic carbocycles. The number of hydrogen-bond donors (Lipinski definition) is 2. The summed E-state index contributed by atoms with van der Waals surface area (Å²) < 4.78 is 21.3. The molecule has 1 aromatic rings. The van der Waals surface area contributed by atoms with E-state index in [1.54, 1.807) is 17.1 Å². The number of alkyl halides is 1. The van der Waals surface area contributed by atoms with E-state index in [0.29, 0.717) is 19.4 Å². The third-order valence-electron chi connectivity index (χ3n) is 6.30. The summed E-state index contributed by atoms with van der Waals surface area (Å²) in [4.78, 5) is 13.4. The number of amides is 1. The molecule has 1 saturated heterocycles. The van der Waals surface area contributed by atoms with Crippen LogP contribution >= 0.6 is 0 Å². The van der Waals surface area contributed by atoms with E-state index in [9.17, 15) is 9.90 Å². The van der Waals surface area contributed by atoms with Crippen LogP contribution in [-0.2, 0) is 16.0 Å². The number of aliphatic hydroxyl groups excluding tert-OH is 1. The Kier molecular flexibility index (Phi) is 5.12. The predicted molar refractivity (Wildman–Crippen MR) is 104 cm³/mol. The zero-order valence-corrected chi connectivity index (χ0v) is 15.9. The van der Waals surface area contributed by atoms with E-state index in [4.69, 9.17) is 10.5 Å². The maximum Gasteiger partial charge on any atom is 0.210 e. The lowest BCUT2D eigenvalue weighted by molar-refractivity contribution is -0.120. The van der Waals surface area contributed by atoms with E-state index >= 15 is 4.39 Å². The summed E-state index contributed by atoms with van der Waals surface area (Å²) in [5.74, 6) is 0. The van der Waals surface area contributed by atoms with Crippen LogP contribution in [0.4, 0.5) is 4.39 Å². The van der Waals surface area contributed by atoms with Crippen molar-refractivity contribution in [3.05, 3.63) is 59.2 Å². The first kappa shape index (κ1) is 19.3. The highest BCUT2D eigenvalue weighted by molar-refractivity contribution is 5.55. The van der Waals surface area contributed by atoms with Crippen molar-refractivity contribution < 1.29 is 19.0 Å². The van der Waals surface area contributed by atoms with Crippen LogP contribution in [0.1, 0.15) is 36.4 Å². The molecule has 0 aromatic heterocycles. The molecule has 0 spiro atoms. The van der Waals surface area contributed by atoms with Crippen LogP contribution in [0.2, 0.25) is 0 Å². The molecular weight excluding hydrogens is 359 g/mol. The van der Waals surface area contributed by atoms with Crippen molar-refractivity contribution in [2.24, 2.45) is 5.73 Å². The zero-order valence-electron chi connectivity index (χ0n) is 15.9. The molecule has 28 heavy (non-hydrogen) atoms. The molecule has 1 aromatic carbocycles. The van der Waals surface area contributed by atoms with Crippen molar-refractivity contribution in [3.63, 3.8) is 0 Å². The number of rotatable bonds is 4. The number of aliphatic hydroxyl groups is 1. The minimum absolute atomic E-state index is 0.152. The van der Waals surface area contributed by atoms with Crippen molar-refractivity contribution in [2.45, 2.75) is 49.0 Å². The molecule has 0 bridgehead atoms. The Hall–Kier alpha value is -2.02. The smallest absolute Gasteiger partial charge is 0.210 e. The number of carbonyl (C=O) groups excluding carboxylic acids is 1. The number of ether oxygens (including phenoxy) is 1. The Morgan fingerprint density at radius 1 is 1.39 bits per heavy atom. The number of allylic oxidation sites excluding steroid dienone is 1. The summed E-state index contributed by atoms with van der Waals surface area (Å²) >= 11 is 0. The van der Waals surface area contributed by atoms with Gasteiger partial charge in [0.25, 0.3) is 0 Å². The molecule has 0 saturated carbocycles. The first-order valence-electron chi connectivity index (χ1n) is 9.86. The SMILES string of the molecule is N[C@@]1(CO)CC[C@@H](C2(F)C=CC([C@H]3c4ccccc4CCN3C=O)=CC2)OC1. The molecule has 5 nitrogen and oxygen atoms in total. The second kappa shape index (κ2) is 7.43. The Bertz CT molecular complexity index is 801. The molecule has 2 heterocycles. The van der Waals surface area contributed by atoms with Crippen LogP contribution in [-0.4, -0.2) is 53.5 Å². The van der Waals surface area contributed by atoms with E-state index in [-0.39, 0.29) is 25.7 Å². The van der Waals surface area contributed by atoms with Crippen LogP contribution in [0, 0.1) is 0 Å². The Morgan fingerprint density at radius 2 is 2.21 bits per heavy atom. The second-order valence-corrected chi connectivity index (χ2v) is 8.22. The van der Waals surface area contributed by atoms with Crippen LogP contribution < -0.4 is 5.73 Å². The van der Waals surface area contributed by atoms with Gasteiger partial charge in [0.05, 0.1) is 30.9 Å². The Balaban J connectivity index is 1.53. The number of benzene rings is 1. The van der Waals surface area contributed by atoms with Crippen molar-refractivity contribution in [1.82, 2.24) is 4.90 Å². The van der Waals surface area contributed by atoms with Gasteiger partial charge >= 0.3 is 0 Å². The van der Waals surface area contributed by atoms with Crippen LogP contribution in [0.25, 0.3) is 0 Å². The summed E-state index contributed by atoms with van der Waals surface area (Å²) in [6.45, 7) is 0.642. The molecule has 1 amide bonds. The number of hydrogen-bond acceptors (Lipinski definition) is 4. The van der Waals surface area contributed by atoms with Gasteiger partial charge in [0.2, 0.25) is 6.41 Å². The van der Waals surface area contributed by atoms with Gasteiger partial charge in [-0.3, -0.25) is 4.79 Å². The Labute approximate surface area is 164 Å². The number of halogens is 1. The monoisotopic (exact) mass is 386 g/mol. The fraction of sp³-hybridized carbons (Fsp3) is 0.500. The zero-order chi connectivity index (χ0) is 19.8. The van der Waals surface area contributed by atoms with Gasteiger partial charge in [-0.15, -0.1) is 0 Å².